The molecule has 2 N–H and O–H groups in total. The number of benzene rings is 3. The molecule has 3 aromatic rings. The van der Waals surface area contributed by atoms with Gasteiger partial charge in [-0.25, -0.2) is 17.5 Å². The summed E-state index contributed by atoms with van der Waals surface area (Å²) in [5.41, 5.74) is 1.58. The summed E-state index contributed by atoms with van der Waals surface area (Å²) in [5.74, 6) is -1.15. The van der Waals surface area contributed by atoms with Crippen LogP contribution in [0.4, 0.5) is 10.1 Å². The van der Waals surface area contributed by atoms with Gasteiger partial charge in [0.15, 0.2) is 0 Å². The smallest absolute Gasteiger partial charge is 0.256 e. The van der Waals surface area contributed by atoms with Crippen LogP contribution in [0.25, 0.3) is 0 Å². The second-order valence-corrected chi connectivity index (χ2v) is 7.99. The number of para-hydroxylation sites is 1. The first-order chi connectivity index (χ1) is 13.4. The minimum atomic E-state index is -3.82. The SMILES string of the molecule is Cc1ccc(S(=O)(=O)NCc2ccccc2)cc1C(=O)Nc1ccccc1F. The molecule has 28 heavy (non-hydrogen) atoms. The Hall–Kier alpha value is -3.03. The van der Waals surface area contributed by atoms with Gasteiger partial charge in [0, 0.05) is 12.1 Å². The molecule has 0 aliphatic rings. The summed E-state index contributed by atoms with van der Waals surface area (Å²) in [6.07, 6.45) is 0. The predicted molar refractivity (Wildman–Crippen MR) is 106 cm³/mol. The van der Waals surface area contributed by atoms with Gasteiger partial charge in [-0.3, -0.25) is 4.79 Å². The molecule has 1 amide bonds. The minimum absolute atomic E-state index is 0.0300. The van der Waals surface area contributed by atoms with E-state index >= 15 is 0 Å². The Morgan fingerprint density at radius 1 is 0.964 bits per heavy atom. The zero-order chi connectivity index (χ0) is 20.1. The maximum absolute atomic E-state index is 13.8. The van der Waals surface area contributed by atoms with Crippen molar-refractivity contribution in [2.24, 2.45) is 0 Å². The number of hydrogen-bond acceptors (Lipinski definition) is 3. The summed E-state index contributed by atoms with van der Waals surface area (Å²) in [7, 11) is -3.82. The maximum atomic E-state index is 13.8. The topological polar surface area (TPSA) is 75.3 Å². The number of sulfonamides is 1. The van der Waals surface area contributed by atoms with Crippen LogP contribution in [0, 0.1) is 12.7 Å². The zero-order valence-electron chi connectivity index (χ0n) is 15.1. The van der Waals surface area contributed by atoms with Crippen molar-refractivity contribution in [1.82, 2.24) is 4.72 Å². The lowest BCUT2D eigenvalue weighted by atomic mass is 10.1. The van der Waals surface area contributed by atoms with E-state index in [1.807, 2.05) is 30.3 Å². The van der Waals surface area contributed by atoms with Crippen LogP contribution in [0.5, 0.6) is 0 Å². The van der Waals surface area contributed by atoms with Gasteiger partial charge in [0.05, 0.1) is 10.6 Å². The second kappa shape index (κ2) is 8.33. The number of carbonyl (C=O) groups is 1. The van der Waals surface area contributed by atoms with Crippen LogP contribution in [-0.2, 0) is 16.6 Å². The fourth-order valence-corrected chi connectivity index (χ4v) is 3.67. The highest BCUT2D eigenvalue weighted by molar-refractivity contribution is 7.89. The van der Waals surface area contributed by atoms with Crippen LogP contribution in [0.15, 0.2) is 77.7 Å². The highest BCUT2D eigenvalue weighted by atomic mass is 32.2. The number of hydrogen-bond donors (Lipinski definition) is 2. The van der Waals surface area contributed by atoms with Crippen LogP contribution < -0.4 is 10.0 Å². The molecular weight excluding hydrogens is 379 g/mol. The van der Waals surface area contributed by atoms with E-state index in [1.54, 1.807) is 19.1 Å². The van der Waals surface area contributed by atoms with Crippen molar-refractivity contribution in [3.05, 3.63) is 95.3 Å². The second-order valence-electron chi connectivity index (χ2n) is 6.22. The van der Waals surface area contributed by atoms with Gasteiger partial charge in [0.1, 0.15) is 5.82 Å². The first kappa shape index (κ1) is 19.7. The molecule has 0 atom stereocenters. The number of rotatable bonds is 6. The number of aryl methyl sites for hydroxylation is 1. The molecule has 5 nitrogen and oxygen atoms in total. The molecule has 3 aromatic carbocycles. The average molecular weight is 398 g/mol. The highest BCUT2D eigenvalue weighted by Crippen LogP contribution is 2.19. The molecule has 0 aromatic heterocycles. The van der Waals surface area contributed by atoms with E-state index in [0.717, 1.165) is 5.56 Å². The fourth-order valence-electron chi connectivity index (χ4n) is 2.62. The van der Waals surface area contributed by atoms with E-state index < -0.39 is 21.7 Å². The van der Waals surface area contributed by atoms with Crippen LogP contribution in [-0.4, -0.2) is 14.3 Å². The largest absolute Gasteiger partial charge is 0.319 e. The van der Waals surface area contributed by atoms with E-state index in [1.165, 1.54) is 30.3 Å². The normalized spacial score (nSPS) is 11.2. The molecule has 0 heterocycles. The van der Waals surface area contributed by atoms with E-state index in [9.17, 15) is 17.6 Å². The third kappa shape index (κ3) is 4.62. The first-order valence-corrected chi connectivity index (χ1v) is 10.1. The van der Waals surface area contributed by atoms with E-state index in [-0.39, 0.29) is 22.7 Å². The van der Waals surface area contributed by atoms with E-state index in [0.29, 0.717) is 5.56 Å². The number of halogens is 1. The lowest BCUT2D eigenvalue weighted by molar-refractivity contribution is 0.102. The summed E-state index contributed by atoms with van der Waals surface area (Å²) in [4.78, 5) is 12.5. The quantitative estimate of drug-likeness (QED) is 0.662. The third-order valence-electron chi connectivity index (χ3n) is 4.20. The van der Waals surface area contributed by atoms with Gasteiger partial charge >= 0.3 is 0 Å². The predicted octanol–water partition coefficient (Wildman–Crippen LogP) is 3.86. The Kier molecular flexibility index (Phi) is 5.87. The van der Waals surface area contributed by atoms with Gasteiger partial charge in [-0.05, 0) is 42.3 Å². The number of carbonyl (C=O) groups excluding carboxylic acids is 1. The molecule has 0 aliphatic heterocycles. The van der Waals surface area contributed by atoms with Gasteiger partial charge in [-0.15, -0.1) is 0 Å². The molecule has 3 rings (SSSR count). The lowest BCUT2D eigenvalue weighted by Gasteiger charge is -2.12. The van der Waals surface area contributed by atoms with Crippen molar-refractivity contribution in [2.75, 3.05) is 5.32 Å². The summed E-state index contributed by atoms with van der Waals surface area (Å²) in [6.45, 7) is 1.82. The molecular formula is C21H19FN2O3S. The lowest BCUT2D eigenvalue weighted by Crippen LogP contribution is -2.24. The van der Waals surface area contributed by atoms with Crippen molar-refractivity contribution in [1.29, 1.82) is 0 Å². The summed E-state index contributed by atoms with van der Waals surface area (Å²) >= 11 is 0. The van der Waals surface area contributed by atoms with Gasteiger partial charge in [-0.2, -0.15) is 0 Å². The number of amides is 1. The molecule has 0 unspecified atom stereocenters. The maximum Gasteiger partial charge on any atom is 0.256 e. The number of nitrogens with one attached hydrogen (secondary N) is 2. The van der Waals surface area contributed by atoms with Crippen molar-refractivity contribution in [3.63, 3.8) is 0 Å². The van der Waals surface area contributed by atoms with Gasteiger partial charge in [-0.1, -0.05) is 48.5 Å². The molecule has 0 radical (unpaired) electrons. The van der Waals surface area contributed by atoms with Crippen LogP contribution >= 0.6 is 0 Å². The van der Waals surface area contributed by atoms with Gasteiger partial charge in [0.25, 0.3) is 5.91 Å². The van der Waals surface area contributed by atoms with Gasteiger partial charge in [0.2, 0.25) is 10.0 Å². The standard InChI is InChI=1S/C21H19FN2O3S/c1-15-11-12-17(28(26,27)23-14-16-7-3-2-4-8-16)13-18(15)21(25)24-20-10-6-5-9-19(20)22/h2-13,23H,14H2,1H3,(H,24,25). The van der Waals surface area contributed by atoms with Crippen LogP contribution in [0.3, 0.4) is 0 Å². The minimum Gasteiger partial charge on any atom is -0.319 e. The average Bonchev–Trinajstić information content (AvgIpc) is 2.69. The molecule has 7 heteroatoms. The summed E-state index contributed by atoms with van der Waals surface area (Å²) < 4.78 is 41.5. The summed E-state index contributed by atoms with van der Waals surface area (Å²) in [6, 6.07) is 19.2. The Morgan fingerprint density at radius 3 is 2.36 bits per heavy atom. The molecule has 0 fully saturated rings. The van der Waals surface area contributed by atoms with Gasteiger partial charge < -0.3 is 5.32 Å². The molecule has 0 spiro atoms. The Bertz CT molecular complexity index is 1100. The number of anilines is 1. The van der Waals surface area contributed by atoms with Crippen LogP contribution in [0.2, 0.25) is 0 Å². The molecule has 0 bridgehead atoms. The van der Waals surface area contributed by atoms with E-state index in [2.05, 4.69) is 10.0 Å². The monoisotopic (exact) mass is 398 g/mol. The molecule has 0 saturated heterocycles. The van der Waals surface area contributed by atoms with Crippen LogP contribution in [0.1, 0.15) is 21.5 Å². The van der Waals surface area contributed by atoms with Crippen molar-refractivity contribution in [2.45, 2.75) is 18.4 Å². The zero-order valence-corrected chi connectivity index (χ0v) is 16.0. The fraction of sp³-hybridized carbons (Fsp3) is 0.0952. The molecule has 0 saturated carbocycles. The Balaban J connectivity index is 1.82. The van der Waals surface area contributed by atoms with Crippen molar-refractivity contribution < 1.29 is 17.6 Å². The third-order valence-corrected chi connectivity index (χ3v) is 5.59. The van der Waals surface area contributed by atoms with E-state index in [4.69, 9.17) is 0 Å². The first-order valence-electron chi connectivity index (χ1n) is 8.57. The molecule has 144 valence electrons. The summed E-state index contributed by atoms with van der Waals surface area (Å²) in [5, 5.41) is 2.47. The Labute approximate surface area is 163 Å². The molecule has 0 aliphatic carbocycles. The highest BCUT2D eigenvalue weighted by Gasteiger charge is 2.18. The van der Waals surface area contributed by atoms with Crippen molar-refractivity contribution >= 4 is 21.6 Å². The van der Waals surface area contributed by atoms with Crippen molar-refractivity contribution in [3.8, 4) is 0 Å². The Morgan fingerprint density at radius 2 is 1.64 bits per heavy atom.